The van der Waals surface area contributed by atoms with E-state index in [0.717, 1.165) is 38.9 Å². The lowest BCUT2D eigenvalue weighted by Crippen LogP contribution is -2.38. The number of nitrogens with zero attached hydrogens (tertiary/aromatic N) is 2. The number of ether oxygens (including phenoxy) is 5. The van der Waals surface area contributed by atoms with Gasteiger partial charge in [-0.15, -0.1) is 0 Å². The normalized spacial score (nSPS) is 17.4. The van der Waals surface area contributed by atoms with Crippen molar-refractivity contribution in [2.75, 3.05) is 32.8 Å². The number of amides is 1. The predicted molar refractivity (Wildman–Crippen MR) is 215 cm³/mol. The largest absolute Gasteiger partial charge is 0.497 e. The van der Waals surface area contributed by atoms with Crippen LogP contribution in [0.1, 0.15) is 51.9 Å². The molecule has 1 saturated heterocycles. The summed E-state index contributed by atoms with van der Waals surface area (Å²) in [5.74, 6) is 1.36. The van der Waals surface area contributed by atoms with E-state index in [0.29, 0.717) is 17.1 Å². The van der Waals surface area contributed by atoms with Crippen molar-refractivity contribution in [3.63, 3.8) is 0 Å². The van der Waals surface area contributed by atoms with Crippen molar-refractivity contribution in [1.82, 2.24) is 9.55 Å². The summed E-state index contributed by atoms with van der Waals surface area (Å²) >= 11 is 0. The van der Waals surface area contributed by atoms with Gasteiger partial charge in [-0.1, -0.05) is 103 Å². The van der Waals surface area contributed by atoms with Crippen LogP contribution in [0.15, 0.2) is 138 Å². The van der Waals surface area contributed by atoms with Crippen LogP contribution in [0.4, 0.5) is 10.6 Å². The summed E-state index contributed by atoms with van der Waals surface area (Å²) in [5, 5.41) is 14.0. The number of fused-ring (bicyclic) bond motifs is 3. The molecule has 3 unspecified atom stereocenters. The van der Waals surface area contributed by atoms with Crippen molar-refractivity contribution in [2.24, 2.45) is 0 Å². The molecule has 1 amide bonds. The van der Waals surface area contributed by atoms with E-state index in [9.17, 15) is 14.7 Å². The van der Waals surface area contributed by atoms with E-state index in [1.54, 1.807) is 27.3 Å². The van der Waals surface area contributed by atoms with Crippen LogP contribution in [0.25, 0.3) is 11.1 Å². The Labute approximate surface area is 330 Å². The maximum absolute atomic E-state index is 13.4. The molecule has 11 heteroatoms. The maximum atomic E-state index is 13.4. The number of aromatic nitrogens is 2. The molecule has 1 fully saturated rings. The second-order valence-electron chi connectivity index (χ2n) is 14.2. The topological polar surface area (TPSA) is 130 Å². The van der Waals surface area contributed by atoms with E-state index in [4.69, 9.17) is 23.7 Å². The van der Waals surface area contributed by atoms with Crippen LogP contribution in [-0.2, 0) is 19.8 Å². The molecule has 2 heterocycles. The van der Waals surface area contributed by atoms with Gasteiger partial charge in [-0.3, -0.25) is 9.88 Å². The number of hydrogen-bond acceptors (Lipinski definition) is 9. The van der Waals surface area contributed by atoms with Gasteiger partial charge in [0.15, 0.2) is 0 Å². The smallest absolute Gasteiger partial charge is 0.412 e. The zero-order chi connectivity index (χ0) is 39.5. The first-order valence-electron chi connectivity index (χ1n) is 18.8. The standard InChI is InChI=1S/C46H43N3O8/c1-29-26-49(44(51)47-43(29)48-45(52)55-27-39-37-15-9-7-13-35(37)36-14-8-10-16-38(36)39)42-25-40(50)41(57-42)28-56-46(30-11-5-4-6-12-30,31-17-21-33(53-2)22-18-31)32-19-23-34(54-3)24-20-32/h4-24,26,39-42,50H,25,27-28H2,1-3H3,(H,47,48,51,52). The molecule has 57 heavy (non-hydrogen) atoms. The average Bonchev–Trinajstić information content (AvgIpc) is 3.78. The van der Waals surface area contributed by atoms with Gasteiger partial charge in [-0.25, -0.2) is 9.59 Å². The van der Waals surface area contributed by atoms with Crippen LogP contribution in [-0.4, -0.2) is 60.4 Å². The summed E-state index contributed by atoms with van der Waals surface area (Å²) in [6.07, 6.45) is -1.61. The molecule has 3 atom stereocenters. The number of aliphatic hydroxyl groups is 1. The highest BCUT2D eigenvalue weighted by Crippen LogP contribution is 2.45. The number of methoxy groups -OCH3 is 2. The maximum Gasteiger partial charge on any atom is 0.412 e. The van der Waals surface area contributed by atoms with E-state index in [1.807, 2.05) is 115 Å². The van der Waals surface area contributed by atoms with E-state index in [2.05, 4.69) is 22.4 Å². The van der Waals surface area contributed by atoms with Crippen molar-refractivity contribution < 1.29 is 33.6 Å². The van der Waals surface area contributed by atoms with Gasteiger partial charge in [-0.05, 0) is 70.1 Å². The molecule has 2 aliphatic rings. The van der Waals surface area contributed by atoms with Gasteiger partial charge in [0.2, 0.25) is 0 Å². The Morgan fingerprint density at radius 1 is 0.789 bits per heavy atom. The summed E-state index contributed by atoms with van der Waals surface area (Å²) in [5.41, 5.74) is 5.71. The summed E-state index contributed by atoms with van der Waals surface area (Å²) < 4.78 is 31.2. The number of carbonyl (C=O) groups is 1. The number of aliphatic hydroxyl groups excluding tert-OH is 1. The number of aryl methyl sites for hydroxylation is 1. The predicted octanol–water partition coefficient (Wildman–Crippen LogP) is 7.59. The molecule has 5 aromatic carbocycles. The van der Waals surface area contributed by atoms with Gasteiger partial charge >= 0.3 is 11.8 Å². The molecule has 0 saturated carbocycles. The Bertz CT molecular complexity index is 2320. The molecular weight excluding hydrogens is 723 g/mol. The highest BCUT2D eigenvalue weighted by molar-refractivity contribution is 5.84. The highest BCUT2D eigenvalue weighted by atomic mass is 16.6. The number of nitrogens with one attached hydrogen (secondary N) is 1. The molecule has 290 valence electrons. The highest BCUT2D eigenvalue weighted by Gasteiger charge is 2.42. The van der Waals surface area contributed by atoms with Gasteiger partial charge in [0.05, 0.1) is 26.9 Å². The lowest BCUT2D eigenvalue weighted by atomic mass is 9.80. The number of rotatable bonds is 12. The van der Waals surface area contributed by atoms with Crippen molar-refractivity contribution in [1.29, 1.82) is 0 Å². The molecule has 1 aliphatic carbocycles. The number of hydrogen-bond donors (Lipinski definition) is 2. The minimum Gasteiger partial charge on any atom is -0.497 e. The lowest BCUT2D eigenvalue weighted by molar-refractivity contribution is -0.0944. The first kappa shape index (κ1) is 37.6. The minimum absolute atomic E-state index is 0.0206. The molecule has 11 nitrogen and oxygen atoms in total. The minimum atomic E-state index is -1.12. The Morgan fingerprint density at radius 2 is 1.33 bits per heavy atom. The van der Waals surface area contributed by atoms with Gasteiger partial charge < -0.3 is 28.8 Å². The van der Waals surface area contributed by atoms with E-state index in [1.165, 1.54) is 4.57 Å². The zero-order valence-electron chi connectivity index (χ0n) is 31.8. The quantitative estimate of drug-likeness (QED) is 0.121. The van der Waals surface area contributed by atoms with Crippen LogP contribution in [0, 0.1) is 6.92 Å². The van der Waals surface area contributed by atoms with Gasteiger partial charge in [0.1, 0.15) is 41.9 Å². The van der Waals surface area contributed by atoms with Crippen molar-refractivity contribution in [2.45, 2.75) is 43.3 Å². The van der Waals surface area contributed by atoms with E-state index < -0.39 is 35.8 Å². The summed E-state index contributed by atoms with van der Waals surface area (Å²) in [6, 6.07) is 41.4. The Balaban J connectivity index is 0.987. The monoisotopic (exact) mass is 765 g/mol. The van der Waals surface area contributed by atoms with Crippen LogP contribution < -0.4 is 20.5 Å². The fourth-order valence-corrected chi connectivity index (χ4v) is 7.95. The molecule has 8 rings (SSSR count). The van der Waals surface area contributed by atoms with Gasteiger partial charge in [0.25, 0.3) is 0 Å². The van der Waals surface area contributed by atoms with Crippen LogP contribution >= 0.6 is 0 Å². The Hall–Kier alpha value is -6.27. The van der Waals surface area contributed by atoms with Crippen LogP contribution in [0.2, 0.25) is 0 Å². The second kappa shape index (κ2) is 16.1. The molecular formula is C46H43N3O8. The SMILES string of the molecule is COc1ccc(C(OCC2OC(n3cc(C)c(NC(=O)OCC4c5ccccc5-c5ccccc54)nc3=O)CC2O)(c2ccccc2)c2ccc(OC)cc2)cc1. The number of anilines is 1. The number of carbonyl (C=O) groups excluding carboxylic acids is 1. The zero-order valence-corrected chi connectivity index (χ0v) is 31.8. The summed E-state index contributed by atoms with van der Waals surface area (Å²) in [4.78, 5) is 30.7. The lowest BCUT2D eigenvalue weighted by Gasteiger charge is -2.37. The van der Waals surface area contributed by atoms with Gasteiger partial charge in [0, 0.05) is 24.1 Å². The fourth-order valence-electron chi connectivity index (χ4n) is 7.95. The fraction of sp³-hybridized carbons (Fsp3) is 0.239. The third-order valence-electron chi connectivity index (χ3n) is 10.9. The first-order chi connectivity index (χ1) is 27.8. The average molecular weight is 766 g/mol. The third kappa shape index (κ3) is 7.28. The summed E-state index contributed by atoms with van der Waals surface area (Å²) in [7, 11) is 3.23. The number of benzene rings is 5. The second-order valence-corrected chi connectivity index (χ2v) is 14.2. The molecule has 1 aliphatic heterocycles. The van der Waals surface area contributed by atoms with Crippen molar-refractivity contribution >= 4 is 11.9 Å². The molecule has 1 aromatic heterocycles. The van der Waals surface area contributed by atoms with Crippen molar-refractivity contribution in [3.05, 3.63) is 177 Å². The van der Waals surface area contributed by atoms with Gasteiger partial charge in [-0.2, -0.15) is 4.98 Å². The molecule has 2 N–H and O–H groups in total. The first-order valence-corrected chi connectivity index (χ1v) is 18.8. The van der Waals surface area contributed by atoms with E-state index in [-0.39, 0.29) is 31.4 Å². The van der Waals surface area contributed by atoms with E-state index >= 15 is 0 Å². The molecule has 6 aromatic rings. The molecule has 0 radical (unpaired) electrons. The van der Waals surface area contributed by atoms with Crippen LogP contribution in [0.5, 0.6) is 11.5 Å². The third-order valence-corrected chi connectivity index (χ3v) is 10.9. The molecule has 0 spiro atoms. The Kier molecular flexibility index (Phi) is 10.6. The Morgan fingerprint density at radius 3 is 1.91 bits per heavy atom. The van der Waals surface area contributed by atoms with Crippen molar-refractivity contribution in [3.8, 4) is 22.6 Å². The van der Waals surface area contributed by atoms with Crippen LogP contribution in [0.3, 0.4) is 0 Å². The molecule has 0 bridgehead atoms. The summed E-state index contributed by atoms with van der Waals surface area (Å²) in [6.45, 7) is 1.83.